The maximum Gasteiger partial charge on any atom is 0.183 e. The second kappa shape index (κ2) is 5.38. The molecule has 106 valence electrons. The fourth-order valence-corrected chi connectivity index (χ4v) is 2.70. The molecule has 3 rings (SSSR count). The van der Waals surface area contributed by atoms with Crippen molar-refractivity contribution in [2.75, 3.05) is 12.3 Å². The van der Waals surface area contributed by atoms with Crippen LogP contribution in [0.5, 0.6) is 0 Å². The standard InChI is InChI=1S/C13H16ClN5O/c1-8(12-3-2-6-20-12)19-13(16-17-18-19)10-7-9(15)4-5-11(10)14/h4-5,7-8,12H,2-3,6,15H2,1H3. The van der Waals surface area contributed by atoms with Crippen molar-refractivity contribution in [3.63, 3.8) is 0 Å². The number of hydrogen-bond acceptors (Lipinski definition) is 5. The Kier molecular flexibility index (Phi) is 3.58. The Labute approximate surface area is 121 Å². The molecule has 6 nitrogen and oxygen atoms in total. The lowest BCUT2D eigenvalue weighted by atomic mass is 10.1. The second-order valence-electron chi connectivity index (χ2n) is 4.98. The third-order valence-corrected chi connectivity index (χ3v) is 3.94. The van der Waals surface area contributed by atoms with Crippen molar-refractivity contribution in [3.05, 3.63) is 23.2 Å². The van der Waals surface area contributed by atoms with E-state index in [2.05, 4.69) is 22.4 Å². The minimum atomic E-state index is 0.0556. The highest BCUT2D eigenvalue weighted by Crippen LogP contribution is 2.31. The molecule has 2 unspecified atom stereocenters. The Hall–Kier alpha value is -1.66. The third kappa shape index (κ3) is 2.36. The zero-order chi connectivity index (χ0) is 14.1. The normalized spacial score (nSPS) is 20.2. The molecule has 20 heavy (non-hydrogen) atoms. The van der Waals surface area contributed by atoms with Crippen LogP contribution in [0.1, 0.15) is 25.8 Å². The summed E-state index contributed by atoms with van der Waals surface area (Å²) >= 11 is 6.23. The van der Waals surface area contributed by atoms with Gasteiger partial charge in [-0.3, -0.25) is 0 Å². The lowest BCUT2D eigenvalue weighted by Crippen LogP contribution is -2.22. The minimum Gasteiger partial charge on any atom is -0.399 e. The molecular formula is C13H16ClN5O. The largest absolute Gasteiger partial charge is 0.399 e. The number of rotatable bonds is 3. The zero-order valence-corrected chi connectivity index (χ0v) is 11.9. The summed E-state index contributed by atoms with van der Waals surface area (Å²) < 4.78 is 7.47. The molecule has 1 aromatic heterocycles. The van der Waals surface area contributed by atoms with Crippen LogP contribution in [-0.4, -0.2) is 32.9 Å². The van der Waals surface area contributed by atoms with E-state index in [4.69, 9.17) is 22.1 Å². The Bertz CT molecular complexity index is 609. The summed E-state index contributed by atoms with van der Waals surface area (Å²) in [5.74, 6) is 0.616. The second-order valence-corrected chi connectivity index (χ2v) is 5.39. The van der Waals surface area contributed by atoms with E-state index in [1.165, 1.54) is 0 Å². The first-order valence-electron chi connectivity index (χ1n) is 6.61. The summed E-state index contributed by atoms with van der Waals surface area (Å²) in [6.07, 6.45) is 2.23. The van der Waals surface area contributed by atoms with E-state index >= 15 is 0 Å². The summed E-state index contributed by atoms with van der Waals surface area (Å²) in [6.45, 7) is 2.85. The van der Waals surface area contributed by atoms with Gasteiger partial charge >= 0.3 is 0 Å². The molecule has 2 heterocycles. The fraction of sp³-hybridized carbons (Fsp3) is 0.462. The van der Waals surface area contributed by atoms with E-state index in [0.717, 1.165) is 25.0 Å². The Morgan fingerprint density at radius 2 is 2.35 bits per heavy atom. The molecule has 2 aromatic rings. The van der Waals surface area contributed by atoms with Gasteiger partial charge in [0.05, 0.1) is 17.2 Å². The monoisotopic (exact) mass is 293 g/mol. The summed E-state index contributed by atoms with van der Waals surface area (Å²) in [5, 5.41) is 12.5. The summed E-state index contributed by atoms with van der Waals surface area (Å²) in [5.41, 5.74) is 7.19. The van der Waals surface area contributed by atoms with Gasteiger partial charge in [-0.1, -0.05) is 11.6 Å². The van der Waals surface area contributed by atoms with Crippen LogP contribution in [0.2, 0.25) is 5.02 Å². The predicted molar refractivity (Wildman–Crippen MR) is 76.4 cm³/mol. The first-order valence-corrected chi connectivity index (χ1v) is 6.99. The van der Waals surface area contributed by atoms with E-state index in [9.17, 15) is 0 Å². The fourth-order valence-electron chi connectivity index (χ4n) is 2.50. The number of tetrazole rings is 1. The number of aromatic nitrogens is 4. The van der Waals surface area contributed by atoms with Crippen molar-refractivity contribution in [1.82, 2.24) is 20.2 Å². The van der Waals surface area contributed by atoms with Gasteiger partial charge in [0, 0.05) is 17.9 Å². The van der Waals surface area contributed by atoms with Crippen molar-refractivity contribution in [1.29, 1.82) is 0 Å². The van der Waals surface area contributed by atoms with Crippen LogP contribution >= 0.6 is 11.6 Å². The number of ether oxygens (including phenoxy) is 1. The summed E-state index contributed by atoms with van der Waals surface area (Å²) in [7, 11) is 0. The number of nitrogens with two attached hydrogens (primary N) is 1. The zero-order valence-electron chi connectivity index (χ0n) is 11.2. The molecule has 7 heteroatoms. The van der Waals surface area contributed by atoms with Gasteiger partial charge in [0.15, 0.2) is 5.82 Å². The van der Waals surface area contributed by atoms with Gasteiger partial charge in [0.1, 0.15) is 0 Å². The van der Waals surface area contributed by atoms with Crippen LogP contribution in [0, 0.1) is 0 Å². The molecule has 0 bridgehead atoms. The number of halogens is 1. The van der Waals surface area contributed by atoms with Crippen molar-refractivity contribution in [3.8, 4) is 11.4 Å². The van der Waals surface area contributed by atoms with E-state index in [-0.39, 0.29) is 12.1 Å². The molecule has 0 radical (unpaired) electrons. The predicted octanol–water partition coefficient (Wildman–Crippen LogP) is 2.32. The molecule has 1 saturated heterocycles. The first-order chi connectivity index (χ1) is 9.66. The molecule has 1 aliphatic rings. The highest BCUT2D eigenvalue weighted by molar-refractivity contribution is 6.33. The Balaban J connectivity index is 1.99. The average Bonchev–Trinajstić information content (AvgIpc) is 3.11. The quantitative estimate of drug-likeness (QED) is 0.879. The van der Waals surface area contributed by atoms with E-state index in [0.29, 0.717) is 16.5 Å². The molecule has 2 atom stereocenters. The van der Waals surface area contributed by atoms with Gasteiger partial charge in [-0.05, 0) is 48.4 Å². The number of benzene rings is 1. The van der Waals surface area contributed by atoms with Gasteiger partial charge in [0.2, 0.25) is 0 Å². The molecule has 1 fully saturated rings. The maximum absolute atomic E-state index is 6.23. The van der Waals surface area contributed by atoms with E-state index in [1.807, 2.05) is 0 Å². The molecule has 0 aliphatic carbocycles. The summed E-state index contributed by atoms with van der Waals surface area (Å²) in [6, 6.07) is 5.35. The number of nitrogen functional groups attached to an aromatic ring is 1. The maximum atomic E-state index is 6.23. The SMILES string of the molecule is CC(C1CCCO1)n1nnnc1-c1cc(N)ccc1Cl. The highest BCUT2D eigenvalue weighted by Gasteiger charge is 2.27. The highest BCUT2D eigenvalue weighted by atomic mass is 35.5. The van der Waals surface area contributed by atoms with Crippen LogP contribution < -0.4 is 5.73 Å². The molecule has 0 spiro atoms. The van der Waals surface area contributed by atoms with Crippen molar-refractivity contribution >= 4 is 17.3 Å². The smallest absolute Gasteiger partial charge is 0.183 e. The van der Waals surface area contributed by atoms with Crippen molar-refractivity contribution in [2.24, 2.45) is 0 Å². The summed E-state index contributed by atoms with van der Waals surface area (Å²) in [4.78, 5) is 0. The van der Waals surface area contributed by atoms with Crippen LogP contribution in [0.25, 0.3) is 11.4 Å². The van der Waals surface area contributed by atoms with Gasteiger partial charge in [-0.15, -0.1) is 5.10 Å². The van der Waals surface area contributed by atoms with Crippen LogP contribution in [0.4, 0.5) is 5.69 Å². The van der Waals surface area contributed by atoms with Gasteiger partial charge in [-0.2, -0.15) is 0 Å². The molecule has 0 saturated carbocycles. The van der Waals surface area contributed by atoms with Crippen LogP contribution in [0.3, 0.4) is 0 Å². The molecule has 0 amide bonds. The Morgan fingerprint density at radius 1 is 1.50 bits per heavy atom. The lowest BCUT2D eigenvalue weighted by molar-refractivity contribution is 0.0690. The number of anilines is 1. The van der Waals surface area contributed by atoms with Gasteiger partial charge in [0.25, 0.3) is 0 Å². The van der Waals surface area contributed by atoms with Crippen molar-refractivity contribution < 1.29 is 4.74 Å². The molecule has 1 aromatic carbocycles. The lowest BCUT2D eigenvalue weighted by Gasteiger charge is -2.19. The van der Waals surface area contributed by atoms with Gasteiger partial charge < -0.3 is 10.5 Å². The molecule has 2 N–H and O–H groups in total. The average molecular weight is 294 g/mol. The van der Waals surface area contributed by atoms with E-state index < -0.39 is 0 Å². The van der Waals surface area contributed by atoms with E-state index in [1.54, 1.807) is 22.9 Å². The number of nitrogens with zero attached hydrogens (tertiary/aromatic N) is 4. The minimum absolute atomic E-state index is 0.0556. The number of hydrogen-bond donors (Lipinski definition) is 1. The van der Waals surface area contributed by atoms with Crippen molar-refractivity contribution in [2.45, 2.75) is 31.9 Å². The molecule has 1 aliphatic heterocycles. The first kappa shape index (κ1) is 13.3. The van der Waals surface area contributed by atoms with Crippen LogP contribution in [0.15, 0.2) is 18.2 Å². The van der Waals surface area contributed by atoms with Crippen LogP contribution in [-0.2, 0) is 4.74 Å². The third-order valence-electron chi connectivity index (χ3n) is 3.61. The molecular weight excluding hydrogens is 278 g/mol. The Morgan fingerprint density at radius 3 is 3.10 bits per heavy atom. The topological polar surface area (TPSA) is 78.8 Å². The van der Waals surface area contributed by atoms with Gasteiger partial charge in [-0.25, -0.2) is 4.68 Å².